The molecule has 1 heterocycles. The summed E-state index contributed by atoms with van der Waals surface area (Å²) in [4.78, 5) is 7.33. The Morgan fingerprint density at radius 3 is 2.58 bits per heavy atom. The normalized spacial score (nSPS) is 11.4. The number of alkyl halides is 3. The molecule has 3 N–H and O–H groups in total. The van der Waals surface area contributed by atoms with Crippen molar-refractivity contribution >= 4 is 17.2 Å². The molecule has 0 aliphatic rings. The summed E-state index contributed by atoms with van der Waals surface area (Å²) in [6.45, 7) is 0. The second-order valence-electron chi connectivity index (χ2n) is 3.64. The predicted octanol–water partition coefficient (Wildman–Crippen LogP) is 2.96. The Morgan fingerprint density at radius 1 is 1.21 bits per heavy atom. The molecule has 1 aromatic heterocycles. The molecule has 1 aromatic carbocycles. The van der Waals surface area contributed by atoms with Crippen molar-refractivity contribution in [3.63, 3.8) is 0 Å². The zero-order valence-electron chi connectivity index (χ0n) is 9.37. The summed E-state index contributed by atoms with van der Waals surface area (Å²) in [5.74, 6) is -0.806. The number of anilines is 3. The molecule has 0 spiro atoms. The summed E-state index contributed by atoms with van der Waals surface area (Å²) < 4.78 is 51.0. The number of aromatic nitrogens is 2. The molecule has 2 rings (SSSR count). The van der Waals surface area contributed by atoms with E-state index in [1.807, 2.05) is 0 Å². The molecular formula is C11H8F4N4. The van der Waals surface area contributed by atoms with Gasteiger partial charge in [-0.3, -0.25) is 0 Å². The van der Waals surface area contributed by atoms with Crippen LogP contribution in [0.15, 0.2) is 30.7 Å². The van der Waals surface area contributed by atoms with Gasteiger partial charge in [0.05, 0.1) is 23.1 Å². The lowest BCUT2D eigenvalue weighted by atomic mass is 10.2. The third-order valence-electron chi connectivity index (χ3n) is 2.29. The maximum Gasteiger partial charge on any atom is 0.416 e. The van der Waals surface area contributed by atoms with E-state index in [0.29, 0.717) is 12.1 Å². The van der Waals surface area contributed by atoms with E-state index in [1.165, 1.54) is 6.20 Å². The van der Waals surface area contributed by atoms with Gasteiger partial charge in [-0.2, -0.15) is 13.2 Å². The van der Waals surface area contributed by atoms with Gasteiger partial charge in [0, 0.05) is 0 Å². The van der Waals surface area contributed by atoms with E-state index in [1.54, 1.807) is 0 Å². The van der Waals surface area contributed by atoms with Gasteiger partial charge in [-0.15, -0.1) is 0 Å². The zero-order chi connectivity index (χ0) is 14.0. The summed E-state index contributed by atoms with van der Waals surface area (Å²) in [6.07, 6.45) is -2.16. The fraction of sp³-hybridized carbons (Fsp3) is 0.0909. The number of hydrogen-bond donors (Lipinski definition) is 2. The molecule has 0 aliphatic carbocycles. The number of halogens is 4. The Bertz CT molecular complexity index is 597. The van der Waals surface area contributed by atoms with Crippen LogP contribution in [0.5, 0.6) is 0 Å². The molecule has 0 fully saturated rings. The number of rotatable bonds is 2. The van der Waals surface area contributed by atoms with Crippen molar-refractivity contribution in [1.29, 1.82) is 0 Å². The molecule has 8 heteroatoms. The molecule has 0 saturated heterocycles. The fourth-order valence-electron chi connectivity index (χ4n) is 1.37. The summed E-state index contributed by atoms with van der Waals surface area (Å²) in [5.41, 5.74) is 4.28. The first kappa shape index (κ1) is 13.1. The summed E-state index contributed by atoms with van der Waals surface area (Å²) in [7, 11) is 0. The van der Waals surface area contributed by atoms with E-state index in [2.05, 4.69) is 15.3 Å². The first-order chi connectivity index (χ1) is 8.88. The second-order valence-corrected chi connectivity index (χ2v) is 3.64. The lowest BCUT2D eigenvalue weighted by molar-refractivity contribution is -0.137. The molecule has 0 atom stereocenters. The van der Waals surface area contributed by atoms with Crippen LogP contribution in [0.2, 0.25) is 0 Å². The standard InChI is InChI=1S/C11H8F4N4/c12-7-2-1-6(11(13,14)15)3-9(7)19-10-8(16)4-17-5-18-10/h1-5H,16H2,(H,17,18,19). The smallest absolute Gasteiger partial charge is 0.394 e. The Morgan fingerprint density at radius 2 is 1.95 bits per heavy atom. The van der Waals surface area contributed by atoms with E-state index < -0.39 is 17.6 Å². The van der Waals surface area contributed by atoms with Gasteiger partial charge < -0.3 is 11.1 Å². The van der Waals surface area contributed by atoms with Crippen molar-refractivity contribution < 1.29 is 17.6 Å². The maximum atomic E-state index is 13.5. The van der Waals surface area contributed by atoms with Crippen LogP contribution in [-0.2, 0) is 6.18 Å². The maximum absolute atomic E-state index is 13.5. The Balaban J connectivity index is 2.38. The van der Waals surface area contributed by atoms with Crippen LogP contribution in [0.4, 0.5) is 34.8 Å². The van der Waals surface area contributed by atoms with Crippen LogP contribution in [0.3, 0.4) is 0 Å². The lowest BCUT2D eigenvalue weighted by Crippen LogP contribution is -2.07. The van der Waals surface area contributed by atoms with Gasteiger partial charge >= 0.3 is 6.18 Å². The van der Waals surface area contributed by atoms with Crippen LogP contribution in [0.25, 0.3) is 0 Å². The first-order valence-electron chi connectivity index (χ1n) is 5.07. The number of benzene rings is 1. The number of nitrogens with zero attached hydrogens (tertiary/aromatic N) is 2. The van der Waals surface area contributed by atoms with Crippen molar-refractivity contribution in [2.45, 2.75) is 6.18 Å². The average Bonchev–Trinajstić information content (AvgIpc) is 2.33. The van der Waals surface area contributed by atoms with Gasteiger partial charge in [0.2, 0.25) is 0 Å². The number of nitrogen functional groups attached to an aromatic ring is 1. The summed E-state index contributed by atoms with van der Waals surface area (Å²) in [5, 5.41) is 2.40. The quantitative estimate of drug-likeness (QED) is 0.825. The molecule has 0 unspecified atom stereocenters. The molecule has 19 heavy (non-hydrogen) atoms. The first-order valence-corrected chi connectivity index (χ1v) is 5.07. The van der Waals surface area contributed by atoms with E-state index in [-0.39, 0.29) is 17.2 Å². The van der Waals surface area contributed by atoms with E-state index in [9.17, 15) is 17.6 Å². The van der Waals surface area contributed by atoms with Crippen molar-refractivity contribution in [3.05, 3.63) is 42.1 Å². The zero-order valence-corrected chi connectivity index (χ0v) is 9.37. The molecule has 2 aromatic rings. The minimum Gasteiger partial charge on any atom is -0.394 e. The number of hydrogen-bond acceptors (Lipinski definition) is 4. The molecule has 0 amide bonds. The summed E-state index contributed by atoms with van der Waals surface area (Å²) >= 11 is 0. The van der Waals surface area contributed by atoms with Crippen molar-refractivity contribution in [2.75, 3.05) is 11.1 Å². The lowest BCUT2D eigenvalue weighted by Gasteiger charge is -2.12. The number of nitrogens with one attached hydrogen (secondary N) is 1. The SMILES string of the molecule is Nc1cncnc1Nc1cc(C(F)(F)F)ccc1F. The van der Waals surface area contributed by atoms with Crippen LogP contribution < -0.4 is 11.1 Å². The molecule has 0 saturated carbocycles. The molecular weight excluding hydrogens is 264 g/mol. The van der Waals surface area contributed by atoms with Crippen molar-refractivity contribution in [1.82, 2.24) is 9.97 Å². The highest BCUT2D eigenvalue weighted by Gasteiger charge is 2.31. The van der Waals surface area contributed by atoms with Crippen molar-refractivity contribution in [3.8, 4) is 0 Å². The van der Waals surface area contributed by atoms with Gasteiger partial charge in [-0.25, -0.2) is 14.4 Å². The highest BCUT2D eigenvalue weighted by Crippen LogP contribution is 2.32. The monoisotopic (exact) mass is 272 g/mol. The fourth-order valence-corrected chi connectivity index (χ4v) is 1.37. The Hall–Kier alpha value is -2.38. The molecule has 0 bridgehead atoms. The minimum absolute atomic E-state index is 0.0354. The topological polar surface area (TPSA) is 63.8 Å². The average molecular weight is 272 g/mol. The third kappa shape index (κ3) is 2.90. The van der Waals surface area contributed by atoms with Crippen LogP contribution in [0.1, 0.15) is 5.56 Å². The number of nitrogens with two attached hydrogens (primary N) is 1. The Labute approximate surface area is 105 Å². The Kier molecular flexibility index (Phi) is 3.24. The molecule has 0 radical (unpaired) electrons. The highest BCUT2D eigenvalue weighted by atomic mass is 19.4. The van der Waals surface area contributed by atoms with Crippen molar-refractivity contribution in [2.24, 2.45) is 0 Å². The van der Waals surface area contributed by atoms with E-state index in [0.717, 1.165) is 12.4 Å². The van der Waals surface area contributed by atoms with Gasteiger partial charge in [-0.05, 0) is 18.2 Å². The van der Waals surface area contributed by atoms with Crippen LogP contribution in [-0.4, -0.2) is 9.97 Å². The predicted molar refractivity (Wildman–Crippen MR) is 61.1 cm³/mol. The summed E-state index contributed by atoms with van der Waals surface area (Å²) in [6, 6.07) is 2.03. The highest BCUT2D eigenvalue weighted by molar-refractivity contribution is 5.68. The van der Waals surface area contributed by atoms with Gasteiger partial charge in [0.1, 0.15) is 12.1 Å². The van der Waals surface area contributed by atoms with E-state index >= 15 is 0 Å². The van der Waals surface area contributed by atoms with Gasteiger partial charge in [0.15, 0.2) is 5.82 Å². The third-order valence-corrected chi connectivity index (χ3v) is 2.29. The van der Waals surface area contributed by atoms with Gasteiger partial charge in [0.25, 0.3) is 0 Å². The molecule has 4 nitrogen and oxygen atoms in total. The molecule has 100 valence electrons. The second kappa shape index (κ2) is 4.71. The minimum atomic E-state index is -4.55. The largest absolute Gasteiger partial charge is 0.416 e. The van der Waals surface area contributed by atoms with Crippen LogP contribution >= 0.6 is 0 Å². The van der Waals surface area contributed by atoms with Gasteiger partial charge in [-0.1, -0.05) is 0 Å². The van der Waals surface area contributed by atoms with Crippen LogP contribution in [0, 0.1) is 5.82 Å². The molecule has 0 aliphatic heterocycles. The van der Waals surface area contributed by atoms with E-state index in [4.69, 9.17) is 5.73 Å².